The Morgan fingerprint density at radius 1 is 1.40 bits per heavy atom. The Morgan fingerprint density at radius 3 is 2.73 bits per heavy atom. The summed E-state index contributed by atoms with van der Waals surface area (Å²) in [6.45, 7) is 4.42. The van der Waals surface area contributed by atoms with Gasteiger partial charge in [0.2, 0.25) is 0 Å². The molecule has 5 heteroatoms. The lowest BCUT2D eigenvalue weighted by molar-refractivity contribution is -0.153. The minimum Gasteiger partial charge on any atom is -0.486 e. The van der Waals surface area contributed by atoms with Crippen molar-refractivity contribution in [2.75, 3.05) is 6.61 Å². The molecule has 0 unspecified atom stereocenters. The van der Waals surface area contributed by atoms with E-state index in [1.165, 1.54) is 0 Å². The fraction of sp³-hybridized carbons (Fsp3) is 0.800. The summed E-state index contributed by atoms with van der Waals surface area (Å²) in [5.74, 6) is 0.439. The van der Waals surface area contributed by atoms with Crippen LogP contribution in [-0.4, -0.2) is 36.8 Å². The quantitative estimate of drug-likeness (QED) is 0.542. The zero-order chi connectivity index (χ0) is 10.6. The maximum absolute atomic E-state index is 5.77. The van der Waals surface area contributed by atoms with Crippen molar-refractivity contribution in [3.05, 3.63) is 9.84 Å². The van der Waals surface area contributed by atoms with Crippen LogP contribution in [0.1, 0.15) is 13.8 Å². The van der Waals surface area contributed by atoms with E-state index in [1.807, 2.05) is 17.9 Å². The molecule has 15 heavy (non-hydrogen) atoms. The molecule has 3 aliphatic rings. The lowest BCUT2D eigenvalue weighted by Gasteiger charge is -2.21. The zero-order valence-electron chi connectivity index (χ0n) is 8.60. The highest BCUT2D eigenvalue weighted by Crippen LogP contribution is 2.45. The van der Waals surface area contributed by atoms with E-state index in [1.54, 1.807) is 0 Å². The van der Waals surface area contributed by atoms with E-state index in [0.29, 0.717) is 6.61 Å². The number of hydrogen-bond acceptors (Lipinski definition) is 4. The highest BCUT2D eigenvalue weighted by molar-refractivity contribution is 14.1. The van der Waals surface area contributed by atoms with Gasteiger partial charge in [0, 0.05) is 4.08 Å². The molecule has 0 aromatic heterocycles. The largest absolute Gasteiger partial charge is 0.486 e. The molecule has 3 saturated heterocycles. The van der Waals surface area contributed by atoms with Crippen molar-refractivity contribution in [3.63, 3.8) is 0 Å². The van der Waals surface area contributed by atoms with Crippen molar-refractivity contribution in [3.8, 4) is 0 Å². The lowest BCUT2D eigenvalue weighted by atomic mass is 10.1. The SMILES string of the molecule is CC1(C)OC[C@@H]([C@H]2O/C(=C\I)[C@H]3O[C@@H]23)O1. The summed E-state index contributed by atoms with van der Waals surface area (Å²) in [4.78, 5) is 0. The van der Waals surface area contributed by atoms with Gasteiger partial charge >= 0.3 is 0 Å². The van der Waals surface area contributed by atoms with Gasteiger partial charge in [-0.1, -0.05) is 0 Å². The predicted molar refractivity (Wildman–Crippen MR) is 60.5 cm³/mol. The van der Waals surface area contributed by atoms with Crippen molar-refractivity contribution < 1.29 is 18.9 Å². The van der Waals surface area contributed by atoms with E-state index in [9.17, 15) is 0 Å². The Hall–Kier alpha value is 0.150. The van der Waals surface area contributed by atoms with E-state index < -0.39 is 5.79 Å². The van der Waals surface area contributed by atoms with Crippen LogP contribution in [0.4, 0.5) is 0 Å². The van der Waals surface area contributed by atoms with E-state index >= 15 is 0 Å². The molecule has 4 nitrogen and oxygen atoms in total. The van der Waals surface area contributed by atoms with E-state index in [-0.39, 0.29) is 24.4 Å². The topological polar surface area (TPSA) is 40.2 Å². The van der Waals surface area contributed by atoms with Crippen LogP contribution in [0.15, 0.2) is 9.84 Å². The first-order valence-electron chi connectivity index (χ1n) is 5.05. The first-order valence-corrected chi connectivity index (χ1v) is 6.29. The van der Waals surface area contributed by atoms with Gasteiger partial charge in [0.1, 0.15) is 24.1 Å². The van der Waals surface area contributed by atoms with E-state index in [2.05, 4.69) is 22.6 Å². The summed E-state index contributed by atoms with van der Waals surface area (Å²) < 4.78 is 24.5. The lowest BCUT2D eigenvalue weighted by Crippen LogP contribution is -2.34. The molecule has 3 heterocycles. The first-order chi connectivity index (χ1) is 7.11. The van der Waals surface area contributed by atoms with E-state index in [4.69, 9.17) is 18.9 Å². The maximum atomic E-state index is 5.77. The minimum atomic E-state index is -0.491. The molecule has 3 aliphatic heterocycles. The zero-order valence-corrected chi connectivity index (χ0v) is 10.8. The third-order valence-corrected chi connectivity index (χ3v) is 3.52. The number of fused-ring (bicyclic) bond motifs is 1. The van der Waals surface area contributed by atoms with Crippen LogP contribution in [0, 0.1) is 0 Å². The third kappa shape index (κ3) is 1.69. The van der Waals surface area contributed by atoms with Crippen LogP contribution in [0.5, 0.6) is 0 Å². The smallest absolute Gasteiger partial charge is 0.163 e. The Balaban J connectivity index is 1.70. The summed E-state index contributed by atoms with van der Waals surface area (Å²) >= 11 is 2.17. The molecule has 4 atom stereocenters. The number of ether oxygens (including phenoxy) is 4. The Bertz CT molecular complexity index is 315. The molecule has 3 rings (SSSR count). The number of rotatable bonds is 1. The summed E-state index contributed by atoms with van der Waals surface area (Å²) in [7, 11) is 0. The Morgan fingerprint density at radius 2 is 2.20 bits per heavy atom. The Kier molecular flexibility index (Phi) is 2.28. The molecule has 0 amide bonds. The number of epoxide rings is 1. The number of hydrogen-bond donors (Lipinski definition) is 0. The monoisotopic (exact) mass is 324 g/mol. The normalized spacial score (nSPS) is 49.1. The summed E-state index contributed by atoms with van der Waals surface area (Å²) in [5.41, 5.74) is 0. The van der Waals surface area contributed by atoms with Gasteiger partial charge in [-0.3, -0.25) is 0 Å². The molecule has 84 valence electrons. The fourth-order valence-electron chi connectivity index (χ4n) is 2.15. The second-order valence-corrected chi connectivity index (χ2v) is 5.11. The van der Waals surface area contributed by atoms with Gasteiger partial charge in [-0.05, 0) is 36.4 Å². The Labute approximate surface area is 102 Å². The summed E-state index contributed by atoms with van der Waals surface area (Å²) in [5, 5.41) is 0. The van der Waals surface area contributed by atoms with Crippen LogP contribution in [0.2, 0.25) is 0 Å². The highest BCUT2D eigenvalue weighted by atomic mass is 127. The molecule has 0 aromatic carbocycles. The third-order valence-electron chi connectivity index (χ3n) is 2.91. The molecule has 0 bridgehead atoms. The molecular formula is C10H13IO4. The summed E-state index contributed by atoms with van der Waals surface area (Å²) in [6.07, 6.45) is 0.328. The van der Waals surface area contributed by atoms with Crippen molar-refractivity contribution in [2.24, 2.45) is 0 Å². The standard InChI is InChI=1S/C10H13IO4/c1-10(2)12-4-6(15-10)8-9-7(14-9)5(3-11)13-8/h3,6-9H,4H2,1-2H3/b5-3-/t6-,7+,8+,9+/m0/s1. The van der Waals surface area contributed by atoms with Crippen molar-refractivity contribution in [1.29, 1.82) is 0 Å². The first kappa shape index (κ1) is 10.3. The van der Waals surface area contributed by atoms with Gasteiger partial charge in [0.05, 0.1) is 6.61 Å². The highest BCUT2D eigenvalue weighted by Gasteiger charge is 2.60. The molecule has 0 N–H and O–H groups in total. The molecule has 3 fully saturated rings. The van der Waals surface area contributed by atoms with Crippen LogP contribution in [-0.2, 0) is 18.9 Å². The van der Waals surface area contributed by atoms with Gasteiger partial charge < -0.3 is 18.9 Å². The fourth-order valence-corrected chi connectivity index (χ4v) is 2.65. The van der Waals surface area contributed by atoms with Gasteiger partial charge in [-0.15, -0.1) is 0 Å². The average molecular weight is 324 g/mol. The van der Waals surface area contributed by atoms with Crippen LogP contribution >= 0.6 is 22.6 Å². The molecular weight excluding hydrogens is 311 g/mol. The van der Waals surface area contributed by atoms with Gasteiger partial charge in [-0.25, -0.2) is 0 Å². The second-order valence-electron chi connectivity index (χ2n) is 4.48. The van der Waals surface area contributed by atoms with Crippen LogP contribution in [0.3, 0.4) is 0 Å². The van der Waals surface area contributed by atoms with Crippen molar-refractivity contribution in [2.45, 2.75) is 44.1 Å². The van der Waals surface area contributed by atoms with Gasteiger partial charge in [0.15, 0.2) is 11.9 Å². The second kappa shape index (κ2) is 3.32. The van der Waals surface area contributed by atoms with Crippen molar-refractivity contribution >= 4 is 22.6 Å². The van der Waals surface area contributed by atoms with Crippen molar-refractivity contribution in [1.82, 2.24) is 0 Å². The number of halogens is 1. The maximum Gasteiger partial charge on any atom is 0.163 e. The minimum absolute atomic E-state index is 0.00205. The van der Waals surface area contributed by atoms with Crippen LogP contribution < -0.4 is 0 Å². The summed E-state index contributed by atoms with van der Waals surface area (Å²) in [6, 6.07) is 0. The molecule has 0 saturated carbocycles. The molecule has 0 aromatic rings. The van der Waals surface area contributed by atoms with Crippen LogP contribution in [0.25, 0.3) is 0 Å². The molecule has 0 spiro atoms. The van der Waals surface area contributed by atoms with Gasteiger partial charge in [-0.2, -0.15) is 0 Å². The molecule has 0 radical (unpaired) electrons. The predicted octanol–water partition coefficient (Wildman–Crippen LogP) is 1.58. The van der Waals surface area contributed by atoms with E-state index in [0.717, 1.165) is 5.76 Å². The molecule has 0 aliphatic carbocycles. The van der Waals surface area contributed by atoms with Gasteiger partial charge in [0.25, 0.3) is 0 Å². The average Bonchev–Trinajstić information content (AvgIpc) is 2.76.